The first-order valence-electron chi connectivity index (χ1n) is 6.11. The van der Waals surface area contributed by atoms with Crippen LogP contribution in [0.25, 0.3) is 0 Å². The molecular formula is C12H24N2O2. The van der Waals surface area contributed by atoms with Crippen LogP contribution in [0.4, 0.5) is 0 Å². The maximum atomic E-state index is 11.9. The Morgan fingerprint density at radius 3 is 2.81 bits per heavy atom. The summed E-state index contributed by atoms with van der Waals surface area (Å²) in [5.74, 6) is 0.226. The third-order valence-corrected chi connectivity index (χ3v) is 2.69. The molecule has 1 aliphatic heterocycles. The van der Waals surface area contributed by atoms with Crippen LogP contribution in [0.15, 0.2) is 0 Å². The maximum Gasteiger partial charge on any atom is 0.224 e. The summed E-state index contributed by atoms with van der Waals surface area (Å²) in [6, 6.07) is 0. The summed E-state index contributed by atoms with van der Waals surface area (Å²) in [6.07, 6.45) is 0.711. The van der Waals surface area contributed by atoms with Gasteiger partial charge in [0.1, 0.15) is 0 Å². The number of ether oxygens (including phenoxy) is 1. The maximum absolute atomic E-state index is 11.9. The van der Waals surface area contributed by atoms with Crippen LogP contribution in [0.1, 0.15) is 34.1 Å². The van der Waals surface area contributed by atoms with E-state index in [4.69, 9.17) is 4.74 Å². The van der Waals surface area contributed by atoms with Crippen LogP contribution in [-0.2, 0) is 9.53 Å². The van der Waals surface area contributed by atoms with E-state index in [-0.39, 0.29) is 17.6 Å². The van der Waals surface area contributed by atoms with Crippen LogP contribution in [0.2, 0.25) is 0 Å². The number of morpholine rings is 1. The van der Waals surface area contributed by atoms with Gasteiger partial charge in [-0.05, 0) is 27.3 Å². The fourth-order valence-corrected chi connectivity index (χ4v) is 2.17. The van der Waals surface area contributed by atoms with Gasteiger partial charge >= 0.3 is 0 Å². The molecule has 0 spiro atoms. The molecule has 1 aliphatic rings. The monoisotopic (exact) mass is 228 g/mol. The van der Waals surface area contributed by atoms with Gasteiger partial charge in [-0.3, -0.25) is 4.79 Å². The van der Waals surface area contributed by atoms with Gasteiger partial charge in [-0.1, -0.05) is 6.92 Å². The Bertz CT molecular complexity index is 241. The number of nitrogens with one attached hydrogen (secondary N) is 1. The highest BCUT2D eigenvalue weighted by atomic mass is 16.5. The fourth-order valence-electron chi connectivity index (χ4n) is 2.17. The number of amides is 1. The van der Waals surface area contributed by atoms with Crippen LogP contribution < -0.4 is 5.32 Å². The van der Waals surface area contributed by atoms with Gasteiger partial charge in [0.25, 0.3) is 0 Å². The molecule has 1 rings (SSSR count). The first-order chi connectivity index (χ1) is 7.44. The van der Waals surface area contributed by atoms with Crippen molar-refractivity contribution in [3.05, 3.63) is 0 Å². The molecule has 0 bridgehead atoms. The second-order valence-corrected chi connectivity index (χ2v) is 5.07. The van der Waals surface area contributed by atoms with Gasteiger partial charge in [0, 0.05) is 26.1 Å². The Kier molecular flexibility index (Phi) is 4.74. The third kappa shape index (κ3) is 4.10. The van der Waals surface area contributed by atoms with Crippen molar-refractivity contribution in [1.29, 1.82) is 0 Å². The fraction of sp³-hybridized carbons (Fsp3) is 0.917. The van der Waals surface area contributed by atoms with Crippen molar-refractivity contribution in [2.24, 2.45) is 0 Å². The van der Waals surface area contributed by atoms with E-state index in [0.717, 1.165) is 13.1 Å². The van der Waals surface area contributed by atoms with E-state index < -0.39 is 0 Å². The minimum absolute atomic E-state index is 0.131. The van der Waals surface area contributed by atoms with Crippen molar-refractivity contribution in [3.8, 4) is 0 Å². The Hall–Kier alpha value is -0.610. The number of rotatable bonds is 4. The minimum Gasteiger partial charge on any atom is -0.369 e. The van der Waals surface area contributed by atoms with Gasteiger partial charge < -0.3 is 15.0 Å². The second-order valence-electron chi connectivity index (χ2n) is 5.07. The molecule has 0 aromatic rings. The predicted octanol–water partition coefficient (Wildman–Crippen LogP) is 1.01. The predicted molar refractivity (Wildman–Crippen MR) is 64.4 cm³/mol. The zero-order valence-electron chi connectivity index (χ0n) is 10.9. The van der Waals surface area contributed by atoms with E-state index in [0.29, 0.717) is 19.5 Å². The quantitative estimate of drug-likeness (QED) is 0.730. The summed E-state index contributed by atoms with van der Waals surface area (Å²) in [6.45, 7) is 11.2. The molecule has 94 valence electrons. The summed E-state index contributed by atoms with van der Waals surface area (Å²) < 4.78 is 5.77. The average Bonchev–Trinajstić information content (AvgIpc) is 2.14. The summed E-state index contributed by atoms with van der Waals surface area (Å²) in [7, 11) is 0. The van der Waals surface area contributed by atoms with Crippen molar-refractivity contribution in [1.82, 2.24) is 10.2 Å². The third-order valence-electron chi connectivity index (χ3n) is 2.69. The molecule has 4 heteroatoms. The lowest BCUT2D eigenvalue weighted by Gasteiger charge is -2.41. The SMILES string of the molecule is CCNCCC(=O)N1CC(C)OC(C)(C)C1. The van der Waals surface area contributed by atoms with Gasteiger partial charge in [-0.2, -0.15) is 0 Å². The second kappa shape index (κ2) is 5.64. The van der Waals surface area contributed by atoms with Crippen molar-refractivity contribution in [2.45, 2.75) is 45.8 Å². The molecule has 0 radical (unpaired) electrons. The number of carbonyl (C=O) groups is 1. The van der Waals surface area contributed by atoms with Crippen molar-refractivity contribution >= 4 is 5.91 Å². The molecule has 0 aromatic carbocycles. The van der Waals surface area contributed by atoms with E-state index in [2.05, 4.69) is 5.32 Å². The highest BCUT2D eigenvalue weighted by Gasteiger charge is 2.33. The Morgan fingerprint density at radius 2 is 2.25 bits per heavy atom. The summed E-state index contributed by atoms with van der Waals surface area (Å²) in [5.41, 5.74) is -0.217. The molecule has 1 heterocycles. The van der Waals surface area contributed by atoms with Gasteiger partial charge in [-0.15, -0.1) is 0 Å². The molecule has 0 aliphatic carbocycles. The van der Waals surface area contributed by atoms with Crippen LogP contribution in [-0.4, -0.2) is 48.7 Å². The first-order valence-corrected chi connectivity index (χ1v) is 6.11. The number of carbonyl (C=O) groups excluding carboxylic acids is 1. The number of hydrogen-bond donors (Lipinski definition) is 1. The molecule has 0 saturated carbocycles. The lowest BCUT2D eigenvalue weighted by Crippen LogP contribution is -2.54. The largest absolute Gasteiger partial charge is 0.369 e. The molecule has 1 saturated heterocycles. The highest BCUT2D eigenvalue weighted by Crippen LogP contribution is 2.21. The molecule has 1 fully saturated rings. The molecule has 1 amide bonds. The standard InChI is InChI=1S/C12H24N2O2/c1-5-13-7-6-11(15)14-8-10(2)16-12(3,4)9-14/h10,13H,5-9H2,1-4H3. The minimum atomic E-state index is -0.217. The molecule has 1 unspecified atom stereocenters. The molecule has 0 aromatic heterocycles. The Morgan fingerprint density at radius 1 is 1.56 bits per heavy atom. The van der Waals surface area contributed by atoms with Gasteiger partial charge in [0.2, 0.25) is 5.91 Å². The number of nitrogens with zero attached hydrogens (tertiary/aromatic N) is 1. The van der Waals surface area contributed by atoms with Gasteiger partial charge in [0.05, 0.1) is 11.7 Å². The molecule has 4 nitrogen and oxygen atoms in total. The Balaban J connectivity index is 2.43. The lowest BCUT2D eigenvalue weighted by atomic mass is 10.1. The normalized spacial score (nSPS) is 24.5. The van der Waals surface area contributed by atoms with E-state index in [9.17, 15) is 4.79 Å². The van der Waals surface area contributed by atoms with E-state index in [1.165, 1.54) is 0 Å². The zero-order chi connectivity index (χ0) is 12.2. The zero-order valence-corrected chi connectivity index (χ0v) is 10.9. The summed E-state index contributed by atoms with van der Waals surface area (Å²) in [5, 5.41) is 3.17. The lowest BCUT2D eigenvalue weighted by molar-refractivity contribution is -0.158. The van der Waals surface area contributed by atoms with Crippen LogP contribution >= 0.6 is 0 Å². The molecule has 16 heavy (non-hydrogen) atoms. The first kappa shape index (κ1) is 13.5. The van der Waals surface area contributed by atoms with Crippen LogP contribution in [0.3, 0.4) is 0 Å². The smallest absolute Gasteiger partial charge is 0.224 e. The molecule has 1 N–H and O–H groups in total. The highest BCUT2D eigenvalue weighted by molar-refractivity contribution is 5.76. The number of hydrogen-bond acceptors (Lipinski definition) is 3. The molecule has 1 atom stereocenters. The van der Waals surface area contributed by atoms with Gasteiger partial charge in [0.15, 0.2) is 0 Å². The summed E-state index contributed by atoms with van der Waals surface area (Å²) >= 11 is 0. The van der Waals surface area contributed by atoms with E-state index in [1.54, 1.807) is 0 Å². The average molecular weight is 228 g/mol. The Labute approximate surface area is 98.3 Å². The van der Waals surface area contributed by atoms with Crippen molar-refractivity contribution < 1.29 is 9.53 Å². The van der Waals surface area contributed by atoms with Crippen LogP contribution in [0.5, 0.6) is 0 Å². The van der Waals surface area contributed by atoms with E-state index >= 15 is 0 Å². The van der Waals surface area contributed by atoms with E-state index in [1.807, 2.05) is 32.6 Å². The van der Waals surface area contributed by atoms with Crippen LogP contribution in [0, 0.1) is 0 Å². The topological polar surface area (TPSA) is 41.6 Å². The van der Waals surface area contributed by atoms with Gasteiger partial charge in [-0.25, -0.2) is 0 Å². The van der Waals surface area contributed by atoms with Crippen molar-refractivity contribution in [2.75, 3.05) is 26.2 Å². The molecular weight excluding hydrogens is 204 g/mol. The van der Waals surface area contributed by atoms with Crippen molar-refractivity contribution in [3.63, 3.8) is 0 Å². The summed E-state index contributed by atoms with van der Waals surface area (Å²) in [4.78, 5) is 13.9.